The van der Waals surface area contributed by atoms with Crippen molar-refractivity contribution in [3.8, 4) is 0 Å². The fraction of sp³-hybridized carbons (Fsp3) is 0.0833. The Bertz CT molecular complexity index is 607. The molecule has 19 heavy (non-hydrogen) atoms. The maximum atomic E-state index is 13.5. The molecule has 7 heteroatoms. The van der Waals surface area contributed by atoms with Gasteiger partial charge in [0.1, 0.15) is 11.5 Å². The van der Waals surface area contributed by atoms with Gasteiger partial charge in [0.05, 0.1) is 8.49 Å². The minimum atomic E-state index is -0.531. The molecule has 1 aromatic heterocycles. The zero-order chi connectivity index (χ0) is 13.8. The molecule has 0 aliphatic rings. The van der Waals surface area contributed by atoms with E-state index in [1.165, 1.54) is 6.07 Å². The molecule has 0 amide bonds. The largest absolute Gasteiger partial charge is 0.375 e. The molecule has 1 N–H and O–H groups in total. The molecule has 0 unspecified atom stereocenters. The first kappa shape index (κ1) is 13.7. The summed E-state index contributed by atoms with van der Waals surface area (Å²) in [6.07, 6.45) is 3.25. The van der Waals surface area contributed by atoms with Gasteiger partial charge in [-0.3, -0.25) is 15.1 Å². The van der Waals surface area contributed by atoms with Crippen LogP contribution in [0.2, 0.25) is 0 Å². The van der Waals surface area contributed by atoms with Gasteiger partial charge >= 0.3 is 0 Å². The second-order valence-corrected chi connectivity index (χ2v) is 4.91. The van der Waals surface area contributed by atoms with E-state index in [-0.39, 0.29) is 14.9 Å². The predicted octanol–water partition coefficient (Wildman–Crippen LogP) is 3.35. The van der Waals surface area contributed by atoms with Crippen molar-refractivity contribution in [3.63, 3.8) is 0 Å². The monoisotopic (exact) mass is 373 g/mol. The molecule has 5 nitrogen and oxygen atoms in total. The smallest absolute Gasteiger partial charge is 0.293 e. The quantitative estimate of drug-likeness (QED) is 0.507. The van der Waals surface area contributed by atoms with E-state index in [0.717, 1.165) is 11.6 Å². The van der Waals surface area contributed by atoms with Gasteiger partial charge < -0.3 is 5.32 Å². The zero-order valence-electron chi connectivity index (χ0n) is 9.64. The summed E-state index contributed by atoms with van der Waals surface area (Å²) in [7, 11) is 0. The maximum absolute atomic E-state index is 13.5. The number of pyridine rings is 1. The molecular formula is C12H9FIN3O2. The van der Waals surface area contributed by atoms with E-state index < -0.39 is 10.7 Å². The van der Waals surface area contributed by atoms with Crippen LogP contribution in [0.5, 0.6) is 0 Å². The van der Waals surface area contributed by atoms with Gasteiger partial charge in [0, 0.05) is 31.1 Å². The number of hydrogen-bond acceptors (Lipinski definition) is 4. The molecule has 0 radical (unpaired) electrons. The minimum absolute atomic E-state index is 0.139. The van der Waals surface area contributed by atoms with Gasteiger partial charge in [-0.2, -0.15) is 0 Å². The van der Waals surface area contributed by atoms with Crippen molar-refractivity contribution in [2.75, 3.05) is 5.32 Å². The fourth-order valence-corrected chi connectivity index (χ4v) is 1.98. The van der Waals surface area contributed by atoms with Crippen LogP contribution in [0.1, 0.15) is 5.56 Å². The summed E-state index contributed by atoms with van der Waals surface area (Å²) >= 11 is 1.72. The van der Waals surface area contributed by atoms with E-state index in [1.807, 2.05) is 0 Å². The molecule has 0 aliphatic heterocycles. The van der Waals surface area contributed by atoms with Crippen LogP contribution < -0.4 is 5.32 Å². The highest BCUT2D eigenvalue weighted by atomic mass is 127. The van der Waals surface area contributed by atoms with E-state index in [4.69, 9.17) is 0 Å². The van der Waals surface area contributed by atoms with E-state index in [9.17, 15) is 14.5 Å². The number of nitro groups is 1. The fourth-order valence-electron chi connectivity index (χ4n) is 1.53. The SMILES string of the molecule is O=[N+]([O-])c1cc(I)c(F)cc1NCc1ccncc1. The molecule has 0 saturated heterocycles. The number of aromatic nitrogens is 1. The van der Waals surface area contributed by atoms with Gasteiger partial charge in [-0.1, -0.05) is 0 Å². The van der Waals surface area contributed by atoms with Crippen molar-refractivity contribution in [2.45, 2.75) is 6.54 Å². The molecular weight excluding hydrogens is 364 g/mol. The van der Waals surface area contributed by atoms with E-state index in [2.05, 4.69) is 10.3 Å². The molecule has 98 valence electrons. The highest BCUT2D eigenvalue weighted by Gasteiger charge is 2.17. The molecule has 0 fully saturated rings. The number of nitrogens with zero attached hydrogens (tertiary/aromatic N) is 2. The number of benzene rings is 1. The Kier molecular flexibility index (Phi) is 4.25. The second-order valence-electron chi connectivity index (χ2n) is 3.75. The van der Waals surface area contributed by atoms with E-state index >= 15 is 0 Å². The van der Waals surface area contributed by atoms with E-state index in [1.54, 1.807) is 47.1 Å². The summed E-state index contributed by atoms with van der Waals surface area (Å²) in [5.41, 5.74) is 0.933. The van der Waals surface area contributed by atoms with E-state index in [0.29, 0.717) is 6.54 Å². The first-order valence-electron chi connectivity index (χ1n) is 5.34. The number of anilines is 1. The summed E-state index contributed by atoms with van der Waals surface area (Å²) in [5, 5.41) is 13.8. The third kappa shape index (κ3) is 3.37. The summed E-state index contributed by atoms with van der Waals surface area (Å²) in [4.78, 5) is 14.3. The minimum Gasteiger partial charge on any atom is -0.375 e. The third-order valence-electron chi connectivity index (χ3n) is 2.47. The summed E-state index contributed by atoms with van der Waals surface area (Å²) in [6.45, 7) is 0.364. The second kappa shape index (κ2) is 5.91. The van der Waals surface area contributed by atoms with Gasteiger partial charge in [-0.05, 0) is 40.3 Å². The number of halogens is 2. The van der Waals surface area contributed by atoms with Crippen LogP contribution in [0.25, 0.3) is 0 Å². The predicted molar refractivity (Wildman–Crippen MR) is 77.3 cm³/mol. The average Bonchev–Trinajstić information content (AvgIpc) is 2.40. The van der Waals surface area contributed by atoms with Crippen molar-refractivity contribution in [1.29, 1.82) is 0 Å². The first-order chi connectivity index (χ1) is 9.08. The standard InChI is InChI=1S/C12H9FIN3O2/c13-9-5-11(12(17(18)19)6-10(9)14)16-7-8-1-3-15-4-2-8/h1-6,16H,7H2. The molecule has 2 rings (SSSR count). The van der Waals surface area contributed by atoms with Crippen molar-refractivity contribution in [1.82, 2.24) is 4.98 Å². The van der Waals surface area contributed by atoms with Crippen molar-refractivity contribution in [2.24, 2.45) is 0 Å². The molecule has 1 heterocycles. The molecule has 0 atom stereocenters. The lowest BCUT2D eigenvalue weighted by Crippen LogP contribution is -2.04. The Labute approximate surface area is 122 Å². The lowest BCUT2D eigenvalue weighted by Gasteiger charge is -2.08. The highest BCUT2D eigenvalue weighted by molar-refractivity contribution is 14.1. The number of nitro benzene ring substituents is 1. The highest BCUT2D eigenvalue weighted by Crippen LogP contribution is 2.28. The van der Waals surface area contributed by atoms with Gasteiger partial charge in [-0.15, -0.1) is 0 Å². The van der Waals surface area contributed by atoms with Gasteiger partial charge in [0.2, 0.25) is 0 Å². The van der Waals surface area contributed by atoms with Crippen LogP contribution in [0.15, 0.2) is 36.7 Å². The Balaban J connectivity index is 2.24. The maximum Gasteiger partial charge on any atom is 0.293 e. The zero-order valence-corrected chi connectivity index (χ0v) is 11.8. The summed E-state index contributed by atoms with van der Waals surface area (Å²) in [5.74, 6) is -0.483. The molecule has 1 aromatic carbocycles. The number of hydrogen-bond donors (Lipinski definition) is 1. The molecule has 0 aliphatic carbocycles. The average molecular weight is 373 g/mol. The van der Waals surface area contributed by atoms with Crippen LogP contribution in [0.3, 0.4) is 0 Å². The number of nitrogens with one attached hydrogen (secondary N) is 1. The Morgan fingerprint density at radius 1 is 1.37 bits per heavy atom. The Morgan fingerprint density at radius 3 is 2.68 bits per heavy atom. The van der Waals surface area contributed by atoms with Crippen LogP contribution in [0, 0.1) is 19.5 Å². The molecule has 2 aromatic rings. The Morgan fingerprint density at radius 2 is 2.05 bits per heavy atom. The van der Waals surface area contributed by atoms with Gasteiger partial charge in [0.25, 0.3) is 5.69 Å². The molecule has 0 spiro atoms. The van der Waals surface area contributed by atoms with Crippen LogP contribution in [-0.2, 0) is 6.54 Å². The van der Waals surface area contributed by atoms with Crippen molar-refractivity contribution >= 4 is 34.0 Å². The normalized spacial score (nSPS) is 10.2. The van der Waals surface area contributed by atoms with Crippen LogP contribution in [0.4, 0.5) is 15.8 Å². The van der Waals surface area contributed by atoms with Crippen LogP contribution >= 0.6 is 22.6 Å². The summed E-state index contributed by atoms with van der Waals surface area (Å²) < 4.78 is 13.7. The third-order valence-corrected chi connectivity index (χ3v) is 3.29. The van der Waals surface area contributed by atoms with Crippen LogP contribution in [-0.4, -0.2) is 9.91 Å². The van der Waals surface area contributed by atoms with Gasteiger partial charge in [0.15, 0.2) is 0 Å². The lowest BCUT2D eigenvalue weighted by atomic mass is 10.2. The lowest BCUT2D eigenvalue weighted by molar-refractivity contribution is -0.384. The summed E-state index contributed by atoms with van der Waals surface area (Å²) in [6, 6.07) is 5.91. The first-order valence-corrected chi connectivity index (χ1v) is 6.42. The molecule has 0 saturated carbocycles. The molecule has 0 bridgehead atoms. The number of rotatable bonds is 4. The topological polar surface area (TPSA) is 68.1 Å². The van der Waals surface area contributed by atoms with Crippen molar-refractivity contribution < 1.29 is 9.31 Å². The Hall–Kier alpha value is -1.77. The van der Waals surface area contributed by atoms with Crippen molar-refractivity contribution in [3.05, 3.63) is 61.7 Å². The van der Waals surface area contributed by atoms with Gasteiger partial charge in [-0.25, -0.2) is 4.39 Å².